The highest BCUT2D eigenvalue weighted by Gasteiger charge is 2.41. The zero-order valence-corrected chi connectivity index (χ0v) is 14.9. The van der Waals surface area contributed by atoms with Crippen LogP contribution in [0.3, 0.4) is 0 Å². The van der Waals surface area contributed by atoms with Gasteiger partial charge in [-0.05, 0) is 42.4 Å². The Morgan fingerprint density at radius 3 is 1.65 bits per heavy atom. The third-order valence-corrected chi connectivity index (χ3v) is 6.64. The minimum atomic E-state index is -0.570. The summed E-state index contributed by atoms with van der Waals surface area (Å²) in [5, 5.41) is 0.532. The second kappa shape index (κ2) is 8.67. The lowest BCUT2D eigenvalue weighted by Crippen LogP contribution is -2.01. The van der Waals surface area contributed by atoms with Gasteiger partial charge in [0.1, 0.15) is 0 Å². The molecule has 6 unspecified atom stereocenters. The van der Waals surface area contributed by atoms with Crippen LogP contribution >= 0.6 is 0 Å². The van der Waals surface area contributed by atoms with Crippen molar-refractivity contribution in [3.63, 3.8) is 0 Å². The molecule has 122 valence electrons. The Hall–Kier alpha value is 0.300. The van der Waals surface area contributed by atoms with Crippen molar-refractivity contribution < 1.29 is 8.42 Å². The van der Waals surface area contributed by atoms with E-state index in [4.69, 9.17) is 0 Å². The van der Waals surface area contributed by atoms with E-state index in [-0.39, 0.29) is 7.43 Å². The zero-order chi connectivity index (χ0) is 14.7. The number of rotatable bonds is 5. The van der Waals surface area contributed by atoms with Gasteiger partial charge in [0.05, 0.1) is 0 Å². The van der Waals surface area contributed by atoms with Gasteiger partial charge in [-0.2, -0.15) is 0 Å². The second-order valence-electron chi connectivity index (χ2n) is 6.82. The van der Waals surface area contributed by atoms with Crippen LogP contribution in [0.15, 0.2) is 0 Å². The van der Waals surface area contributed by atoms with Gasteiger partial charge in [0.15, 0.2) is 0 Å². The first-order valence-corrected chi connectivity index (χ1v) is 10.7. The molecule has 6 atom stereocenters. The van der Waals surface area contributed by atoms with E-state index < -0.39 is 21.6 Å². The van der Waals surface area contributed by atoms with Crippen LogP contribution in [-0.4, -0.2) is 31.9 Å². The summed E-state index contributed by atoms with van der Waals surface area (Å²) in [6, 6.07) is 0. The maximum atomic E-state index is 10.8. The molecule has 0 amide bonds. The normalized spacial score (nSPS) is 33.8. The summed E-state index contributed by atoms with van der Waals surface area (Å²) >= 11 is 0. The Morgan fingerprint density at radius 2 is 1.45 bits per heavy atom. The predicted molar refractivity (Wildman–Crippen MR) is 92.9 cm³/mol. The van der Waals surface area contributed by atoms with Crippen LogP contribution in [0, 0.1) is 29.6 Å². The highest BCUT2D eigenvalue weighted by atomic mass is 32.2. The molecular formula is C16H34O2S2. The molecule has 0 heterocycles. The topological polar surface area (TPSA) is 34.1 Å². The Balaban J connectivity index is 0.000000345. The van der Waals surface area contributed by atoms with Crippen LogP contribution < -0.4 is 0 Å². The summed E-state index contributed by atoms with van der Waals surface area (Å²) in [5.74, 6) is 4.89. The Bertz CT molecular complexity index is 339. The van der Waals surface area contributed by atoms with Crippen molar-refractivity contribution in [3.05, 3.63) is 0 Å². The average Bonchev–Trinajstić information content (AvgIpc) is 3.10. The summed E-state index contributed by atoms with van der Waals surface area (Å²) in [5.41, 5.74) is 0. The van der Waals surface area contributed by atoms with Crippen molar-refractivity contribution in [2.75, 3.05) is 18.3 Å². The van der Waals surface area contributed by atoms with E-state index in [9.17, 15) is 8.42 Å². The molecule has 0 radical (unpaired) electrons. The molecular weight excluding hydrogens is 288 g/mol. The van der Waals surface area contributed by atoms with Gasteiger partial charge in [0.25, 0.3) is 0 Å². The largest absolute Gasteiger partial charge is 0.260 e. The summed E-state index contributed by atoms with van der Waals surface area (Å²) in [6.07, 6.45) is 6.13. The molecule has 0 N–H and O–H groups in total. The molecule has 0 spiro atoms. The fourth-order valence-corrected chi connectivity index (χ4v) is 5.14. The van der Waals surface area contributed by atoms with Gasteiger partial charge < -0.3 is 0 Å². The maximum absolute atomic E-state index is 10.8. The number of hydrogen-bond donors (Lipinski definition) is 0. The zero-order valence-electron chi connectivity index (χ0n) is 13.2. The maximum Gasteiger partial charge on any atom is 0.0379 e. The fourth-order valence-electron chi connectivity index (χ4n) is 2.85. The molecule has 2 nitrogen and oxygen atoms in total. The lowest BCUT2D eigenvalue weighted by Gasteiger charge is -2.00. The van der Waals surface area contributed by atoms with E-state index in [1.165, 1.54) is 12.8 Å². The van der Waals surface area contributed by atoms with Gasteiger partial charge in [-0.25, -0.2) is 0 Å². The SMILES string of the molecule is C.CC(C)C1CC1CS(C)=O.CC(C)C1CC1S(C)=O. The summed E-state index contributed by atoms with van der Waals surface area (Å²) < 4.78 is 21.6. The van der Waals surface area contributed by atoms with Gasteiger partial charge in [0.2, 0.25) is 0 Å². The number of hydrogen-bond acceptors (Lipinski definition) is 2. The van der Waals surface area contributed by atoms with E-state index >= 15 is 0 Å². The van der Waals surface area contributed by atoms with Crippen LogP contribution in [-0.2, 0) is 21.6 Å². The quantitative estimate of drug-likeness (QED) is 0.773. The molecule has 2 saturated carbocycles. The highest BCUT2D eigenvalue weighted by Crippen LogP contribution is 2.44. The van der Waals surface area contributed by atoms with Crippen LogP contribution in [0.1, 0.15) is 48.0 Å². The predicted octanol–water partition coefficient (Wildman–Crippen LogP) is 3.70. The third kappa shape index (κ3) is 6.84. The minimum Gasteiger partial charge on any atom is -0.260 e. The minimum absolute atomic E-state index is 0. The Labute approximate surface area is 131 Å². The monoisotopic (exact) mass is 322 g/mol. The molecule has 2 aliphatic carbocycles. The molecule has 4 heteroatoms. The molecule has 0 aromatic heterocycles. The molecule has 2 aliphatic rings. The van der Waals surface area contributed by atoms with Crippen LogP contribution in [0.4, 0.5) is 0 Å². The van der Waals surface area contributed by atoms with E-state index in [2.05, 4.69) is 27.7 Å². The Kier molecular flexibility index (Phi) is 8.80. The van der Waals surface area contributed by atoms with Gasteiger partial charge in [0, 0.05) is 45.1 Å². The lowest BCUT2D eigenvalue weighted by molar-refractivity contribution is 0.531. The van der Waals surface area contributed by atoms with E-state index in [0.29, 0.717) is 5.25 Å². The second-order valence-corrected chi connectivity index (χ2v) is 9.91. The molecule has 20 heavy (non-hydrogen) atoms. The summed E-state index contributed by atoms with van der Waals surface area (Å²) in [7, 11) is -1.13. The van der Waals surface area contributed by atoms with Crippen molar-refractivity contribution in [1.82, 2.24) is 0 Å². The molecule has 0 aromatic carbocycles. The van der Waals surface area contributed by atoms with E-state index in [1.54, 1.807) is 6.26 Å². The highest BCUT2D eigenvalue weighted by molar-refractivity contribution is 7.85. The van der Waals surface area contributed by atoms with Gasteiger partial charge in [-0.15, -0.1) is 0 Å². The van der Waals surface area contributed by atoms with Crippen LogP contribution in [0.25, 0.3) is 0 Å². The first kappa shape index (κ1) is 20.3. The van der Waals surface area contributed by atoms with Gasteiger partial charge in [-0.1, -0.05) is 35.1 Å². The smallest absolute Gasteiger partial charge is 0.0379 e. The standard InChI is InChI=1S/C8H16OS.C7H14OS.CH4/c1-6(2)8-4-7(8)5-10(3)9;1-5(2)6-4-7(6)9(3)8;/h6-8H,4-5H2,1-3H3;5-7H,4H2,1-3H3;1H4. The molecule has 0 bridgehead atoms. The van der Waals surface area contributed by atoms with Gasteiger partial charge in [-0.3, -0.25) is 8.42 Å². The van der Waals surface area contributed by atoms with Crippen molar-refractivity contribution in [2.45, 2.75) is 53.2 Å². The van der Waals surface area contributed by atoms with Crippen LogP contribution in [0.2, 0.25) is 0 Å². The molecule has 2 rings (SSSR count). The fraction of sp³-hybridized carbons (Fsp3) is 1.00. The lowest BCUT2D eigenvalue weighted by atomic mass is 10.1. The summed E-state index contributed by atoms with van der Waals surface area (Å²) in [4.78, 5) is 0. The summed E-state index contributed by atoms with van der Waals surface area (Å²) in [6.45, 7) is 8.92. The van der Waals surface area contributed by atoms with Gasteiger partial charge >= 0.3 is 0 Å². The first-order chi connectivity index (χ1) is 8.73. The van der Waals surface area contributed by atoms with Crippen molar-refractivity contribution >= 4 is 21.6 Å². The molecule has 0 aromatic rings. The average molecular weight is 323 g/mol. The third-order valence-electron chi connectivity index (χ3n) is 4.34. The van der Waals surface area contributed by atoms with Crippen molar-refractivity contribution in [3.8, 4) is 0 Å². The molecule has 0 saturated heterocycles. The van der Waals surface area contributed by atoms with Crippen LogP contribution in [0.5, 0.6) is 0 Å². The first-order valence-electron chi connectivity index (χ1n) is 7.36. The van der Waals surface area contributed by atoms with E-state index in [0.717, 1.165) is 35.3 Å². The Morgan fingerprint density at radius 1 is 0.950 bits per heavy atom. The van der Waals surface area contributed by atoms with E-state index in [1.807, 2.05) is 6.26 Å². The molecule has 0 aliphatic heterocycles. The van der Waals surface area contributed by atoms with Crippen molar-refractivity contribution in [2.24, 2.45) is 29.6 Å². The van der Waals surface area contributed by atoms with Crippen molar-refractivity contribution in [1.29, 1.82) is 0 Å². The molecule has 2 fully saturated rings.